The average molecular weight is 270 g/mol. The highest BCUT2D eigenvalue weighted by molar-refractivity contribution is 6.14. The fourth-order valence-corrected chi connectivity index (χ4v) is 1.24. The van der Waals surface area contributed by atoms with Crippen LogP contribution in [0.15, 0.2) is 11.1 Å². The maximum atomic E-state index is 12.0. The molecule has 0 aliphatic heterocycles. The van der Waals surface area contributed by atoms with Crippen LogP contribution in [0.2, 0.25) is 0 Å². The van der Waals surface area contributed by atoms with Crippen LogP contribution in [0.1, 0.15) is 48.0 Å². The van der Waals surface area contributed by atoms with Crippen molar-refractivity contribution in [1.82, 2.24) is 0 Å². The predicted molar refractivity (Wildman–Crippen MR) is 74.6 cm³/mol. The summed E-state index contributed by atoms with van der Waals surface area (Å²) in [7, 11) is 0. The van der Waals surface area contributed by atoms with Crippen molar-refractivity contribution >= 4 is 11.9 Å². The monoisotopic (exact) mass is 270 g/mol. The van der Waals surface area contributed by atoms with Crippen molar-refractivity contribution < 1.29 is 19.1 Å². The highest BCUT2D eigenvalue weighted by Crippen LogP contribution is 2.13. The van der Waals surface area contributed by atoms with Gasteiger partial charge in [0.25, 0.3) is 0 Å². The van der Waals surface area contributed by atoms with Crippen LogP contribution in [0.4, 0.5) is 0 Å². The molecule has 110 valence electrons. The summed E-state index contributed by atoms with van der Waals surface area (Å²) in [5.74, 6) is -0.693. The molecule has 0 aromatic rings. The van der Waals surface area contributed by atoms with Gasteiger partial charge in [-0.2, -0.15) is 0 Å². The summed E-state index contributed by atoms with van der Waals surface area (Å²) in [6.07, 6.45) is 0.614. The van der Waals surface area contributed by atoms with Gasteiger partial charge in [0.05, 0.1) is 13.2 Å². The minimum absolute atomic E-state index is 0.0452. The first kappa shape index (κ1) is 17.7. The van der Waals surface area contributed by atoms with Crippen LogP contribution in [-0.4, -0.2) is 25.2 Å². The molecule has 0 spiro atoms. The number of carbonyl (C=O) groups excluding carboxylic acids is 2. The summed E-state index contributed by atoms with van der Waals surface area (Å²) in [5.41, 5.74) is 0.742. The Labute approximate surface area is 116 Å². The number of rotatable bonds is 7. The number of carbonyl (C=O) groups is 2. The van der Waals surface area contributed by atoms with E-state index in [9.17, 15) is 9.59 Å². The van der Waals surface area contributed by atoms with Gasteiger partial charge in [-0.05, 0) is 25.2 Å². The lowest BCUT2D eigenvalue weighted by Gasteiger charge is -2.13. The highest BCUT2D eigenvalue weighted by Gasteiger charge is 2.24. The van der Waals surface area contributed by atoms with Crippen LogP contribution >= 0.6 is 0 Å². The van der Waals surface area contributed by atoms with Crippen molar-refractivity contribution in [3.05, 3.63) is 11.1 Å². The standard InChI is InChI=1S/C15H26O4/c1-7-12(6)13(14(16)18-8-10(2)3)15(17)19-9-11(4)5/h10-11H,7-9H2,1-6H3. The molecule has 0 atom stereocenters. The molecule has 0 aromatic carbocycles. The first-order valence-electron chi connectivity index (χ1n) is 6.83. The number of hydrogen-bond donors (Lipinski definition) is 0. The quantitative estimate of drug-likeness (QED) is 0.309. The van der Waals surface area contributed by atoms with Gasteiger partial charge >= 0.3 is 11.9 Å². The second-order valence-corrected chi connectivity index (χ2v) is 5.49. The van der Waals surface area contributed by atoms with Gasteiger partial charge in [-0.1, -0.05) is 40.2 Å². The highest BCUT2D eigenvalue weighted by atomic mass is 16.6. The Kier molecular flexibility index (Phi) is 8.12. The zero-order chi connectivity index (χ0) is 15.0. The second-order valence-electron chi connectivity index (χ2n) is 5.49. The molecule has 19 heavy (non-hydrogen) atoms. The largest absolute Gasteiger partial charge is 0.462 e. The third-order valence-electron chi connectivity index (χ3n) is 2.46. The Morgan fingerprint density at radius 2 is 1.26 bits per heavy atom. The summed E-state index contributed by atoms with van der Waals surface area (Å²) in [6.45, 7) is 12.0. The molecule has 0 heterocycles. The molecule has 0 radical (unpaired) electrons. The van der Waals surface area contributed by atoms with E-state index in [0.29, 0.717) is 25.2 Å². The summed E-state index contributed by atoms with van der Waals surface area (Å²) >= 11 is 0. The molecule has 0 aliphatic carbocycles. The van der Waals surface area contributed by atoms with Crippen molar-refractivity contribution in [2.24, 2.45) is 11.8 Å². The van der Waals surface area contributed by atoms with E-state index in [1.807, 2.05) is 34.6 Å². The fraction of sp³-hybridized carbons (Fsp3) is 0.733. The van der Waals surface area contributed by atoms with E-state index in [1.54, 1.807) is 6.92 Å². The van der Waals surface area contributed by atoms with E-state index in [4.69, 9.17) is 9.47 Å². The van der Waals surface area contributed by atoms with Crippen LogP contribution in [0.25, 0.3) is 0 Å². The van der Waals surface area contributed by atoms with Crippen LogP contribution in [-0.2, 0) is 19.1 Å². The van der Waals surface area contributed by atoms with Gasteiger partial charge in [0.15, 0.2) is 0 Å². The van der Waals surface area contributed by atoms with Gasteiger partial charge in [0.1, 0.15) is 5.57 Å². The van der Waals surface area contributed by atoms with Crippen LogP contribution in [0.3, 0.4) is 0 Å². The van der Waals surface area contributed by atoms with E-state index >= 15 is 0 Å². The van der Waals surface area contributed by atoms with Gasteiger partial charge in [-0.25, -0.2) is 9.59 Å². The molecule has 4 heteroatoms. The van der Waals surface area contributed by atoms with Crippen molar-refractivity contribution in [2.45, 2.75) is 48.0 Å². The summed E-state index contributed by atoms with van der Waals surface area (Å²) in [4.78, 5) is 23.9. The third-order valence-corrected chi connectivity index (χ3v) is 2.46. The molecular weight excluding hydrogens is 244 g/mol. The Balaban J connectivity index is 4.83. The molecule has 0 saturated heterocycles. The Morgan fingerprint density at radius 1 is 0.895 bits per heavy atom. The van der Waals surface area contributed by atoms with Crippen molar-refractivity contribution in [2.75, 3.05) is 13.2 Å². The molecule has 0 fully saturated rings. The zero-order valence-electron chi connectivity index (χ0n) is 12.9. The summed E-state index contributed by atoms with van der Waals surface area (Å²) in [5, 5.41) is 0. The Bertz CT molecular complexity index is 314. The van der Waals surface area contributed by atoms with Crippen LogP contribution < -0.4 is 0 Å². The van der Waals surface area contributed by atoms with Crippen LogP contribution in [0, 0.1) is 11.8 Å². The molecule has 0 bridgehead atoms. The maximum Gasteiger partial charge on any atom is 0.345 e. The number of ether oxygens (including phenoxy) is 2. The molecule has 0 aliphatic rings. The van der Waals surface area contributed by atoms with Crippen molar-refractivity contribution in [1.29, 1.82) is 0 Å². The van der Waals surface area contributed by atoms with E-state index in [1.165, 1.54) is 0 Å². The predicted octanol–water partition coefficient (Wildman–Crippen LogP) is 3.11. The molecule has 0 aromatic heterocycles. The molecule has 0 unspecified atom stereocenters. The average Bonchev–Trinajstić information content (AvgIpc) is 2.33. The van der Waals surface area contributed by atoms with Crippen molar-refractivity contribution in [3.8, 4) is 0 Å². The van der Waals surface area contributed by atoms with Gasteiger partial charge in [0, 0.05) is 0 Å². The molecule has 0 saturated carbocycles. The van der Waals surface area contributed by atoms with E-state index < -0.39 is 11.9 Å². The molecule has 4 nitrogen and oxygen atoms in total. The van der Waals surface area contributed by atoms with Gasteiger partial charge in [0.2, 0.25) is 0 Å². The second kappa shape index (κ2) is 8.73. The topological polar surface area (TPSA) is 52.6 Å². The first-order valence-corrected chi connectivity index (χ1v) is 6.83. The molecular formula is C15H26O4. The van der Waals surface area contributed by atoms with Crippen molar-refractivity contribution in [3.63, 3.8) is 0 Å². The summed E-state index contributed by atoms with van der Waals surface area (Å²) in [6, 6.07) is 0. The minimum Gasteiger partial charge on any atom is -0.462 e. The number of hydrogen-bond acceptors (Lipinski definition) is 4. The lowest BCUT2D eigenvalue weighted by atomic mass is 10.1. The lowest BCUT2D eigenvalue weighted by molar-refractivity contribution is -0.148. The Hall–Kier alpha value is -1.32. The van der Waals surface area contributed by atoms with E-state index in [2.05, 4.69) is 0 Å². The SMILES string of the molecule is CCC(C)=C(C(=O)OCC(C)C)C(=O)OCC(C)C. The lowest BCUT2D eigenvalue weighted by Crippen LogP contribution is -2.22. The number of esters is 2. The minimum atomic E-state index is -0.582. The normalized spacial score (nSPS) is 10.5. The fourth-order valence-electron chi connectivity index (χ4n) is 1.24. The smallest absolute Gasteiger partial charge is 0.345 e. The van der Waals surface area contributed by atoms with Gasteiger partial charge in [-0.15, -0.1) is 0 Å². The number of allylic oxidation sites excluding steroid dienone is 1. The Morgan fingerprint density at radius 3 is 1.53 bits per heavy atom. The first-order chi connectivity index (χ1) is 8.79. The zero-order valence-corrected chi connectivity index (χ0v) is 12.9. The molecule has 0 N–H and O–H groups in total. The van der Waals surface area contributed by atoms with E-state index in [0.717, 1.165) is 0 Å². The van der Waals surface area contributed by atoms with Gasteiger partial charge < -0.3 is 9.47 Å². The molecule has 0 rings (SSSR count). The third kappa shape index (κ3) is 6.99. The van der Waals surface area contributed by atoms with E-state index in [-0.39, 0.29) is 17.4 Å². The summed E-state index contributed by atoms with van der Waals surface area (Å²) < 4.78 is 10.2. The molecule has 0 amide bonds. The van der Waals surface area contributed by atoms with Crippen LogP contribution in [0.5, 0.6) is 0 Å². The maximum absolute atomic E-state index is 12.0. The van der Waals surface area contributed by atoms with Gasteiger partial charge in [-0.3, -0.25) is 0 Å².